The van der Waals surface area contributed by atoms with Crippen LogP contribution in [-0.4, -0.2) is 20.2 Å². The van der Waals surface area contributed by atoms with Gasteiger partial charge in [-0.3, -0.25) is 4.79 Å². The number of nitrogens with zero attached hydrogens (tertiary/aromatic N) is 2. The second-order valence-corrected chi connectivity index (χ2v) is 6.29. The van der Waals surface area contributed by atoms with E-state index < -0.39 is 5.97 Å². The largest absolute Gasteiger partial charge is 0.497 e. The van der Waals surface area contributed by atoms with Gasteiger partial charge in [0.15, 0.2) is 0 Å². The van der Waals surface area contributed by atoms with E-state index >= 15 is 0 Å². The molecule has 6 heteroatoms. The van der Waals surface area contributed by atoms with Crippen LogP contribution in [0.3, 0.4) is 0 Å². The number of rotatable bonds is 5. The molecule has 3 rings (SSSR count). The molecule has 0 atom stereocenters. The van der Waals surface area contributed by atoms with E-state index in [0.29, 0.717) is 44.7 Å². The van der Waals surface area contributed by atoms with E-state index in [0.717, 1.165) is 0 Å². The molecule has 0 fully saturated rings. The Morgan fingerprint density at radius 2 is 1.57 bits per heavy atom. The highest BCUT2D eigenvalue weighted by molar-refractivity contribution is 6.06. The fourth-order valence-corrected chi connectivity index (χ4v) is 3.30. The molecule has 148 valence electrons. The molecule has 0 aromatic heterocycles. The van der Waals surface area contributed by atoms with E-state index in [1.165, 1.54) is 6.92 Å². The van der Waals surface area contributed by atoms with Crippen LogP contribution in [0, 0.1) is 22.7 Å². The van der Waals surface area contributed by atoms with E-state index in [9.17, 15) is 15.3 Å². The summed E-state index contributed by atoms with van der Waals surface area (Å²) in [7, 11) is 3.10. The SMILES string of the molecule is COc1ccc(C(=C(C#N)C#N)c2ccc(OC)c3cccc(OC(C)=O)c23)cc1. The van der Waals surface area contributed by atoms with Crippen LogP contribution in [0.5, 0.6) is 17.2 Å². The number of methoxy groups -OCH3 is 2. The van der Waals surface area contributed by atoms with Gasteiger partial charge in [-0.05, 0) is 41.5 Å². The zero-order valence-corrected chi connectivity index (χ0v) is 16.7. The minimum absolute atomic E-state index is 0.0655. The number of carbonyl (C=O) groups is 1. The molecule has 0 unspecified atom stereocenters. The number of ether oxygens (including phenoxy) is 3. The number of allylic oxidation sites excluding steroid dienone is 1. The Labute approximate surface area is 174 Å². The van der Waals surface area contributed by atoms with Crippen molar-refractivity contribution in [2.45, 2.75) is 6.92 Å². The predicted molar refractivity (Wildman–Crippen MR) is 112 cm³/mol. The molecule has 0 bridgehead atoms. The normalized spacial score (nSPS) is 9.90. The molecule has 0 aliphatic heterocycles. The van der Waals surface area contributed by atoms with Crippen LogP contribution < -0.4 is 14.2 Å². The summed E-state index contributed by atoms with van der Waals surface area (Å²) in [5.41, 5.74) is 1.59. The van der Waals surface area contributed by atoms with Crippen molar-refractivity contribution in [2.75, 3.05) is 14.2 Å². The average Bonchev–Trinajstić information content (AvgIpc) is 2.77. The van der Waals surface area contributed by atoms with Gasteiger partial charge in [0, 0.05) is 23.3 Å². The topological polar surface area (TPSA) is 92.3 Å². The maximum absolute atomic E-state index is 11.7. The second kappa shape index (κ2) is 8.81. The highest BCUT2D eigenvalue weighted by Gasteiger charge is 2.20. The van der Waals surface area contributed by atoms with Gasteiger partial charge < -0.3 is 14.2 Å². The lowest BCUT2D eigenvalue weighted by Crippen LogP contribution is -2.04. The summed E-state index contributed by atoms with van der Waals surface area (Å²) in [4.78, 5) is 11.7. The van der Waals surface area contributed by atoms with Gasteiger partial charge in [0.1, 0.15) is 35.0 Å². The van der Waals surface area contributed by atoms with Gasteiger partial charge in [-0.25, -0.2) is 0 Å². The Kier molecular flexibility index (Phi) is 6.00. The first kappa shape index (κ1) is 20.4. The van der Waals surface area contributed by atoms with E-state index in [1.54, 1.807) is 62.8 Å². The van der Waals surface area contributed by atoms with Crippen LogP contribution in [0.1, 0.15) is 18.1 Å². The monoisotopic (exact) mass is 398 g/mol. The van der Waals surface area contributed by atoms with Crippen LogP contribution in [0.4, 0.5) is 0 Å². The van der Waals surface area contributed by atoms with Crippen molar-refractivity contribution in [3.05, 3.63) is 71.3 Å². The van der Waals surface area contributed by atoms with E-state index in [-0.39, 0.29) is 5.57 Å². The minimum Gasteiger partial charge on any atom is -0.497 e. The Morgan fingerprint density at radius 1 is 0.867 bits per heavy atom. The summed E-state index contributed by atoms with van der Waals surface area (Å²) in [5.74, 6) is 1.06. The van der Waals surface area contributed by atoms with Gasteiger partial charge in [0.25, 0.3) is 0 Å². The summed E-state index contributed by atoms with van der Waals surface area (Å²) in [6.07, 6.45) is 0. The number of benzene rings is 3. The van der Waals surface area contributed by atoms with Gasteiger partial charge >= 0.3 is 5.97 Å². The molecule has 0 radical (unpaired) electrons. The number of hydrogen-bond donors (Lipinski definition) is 0. The molecular formula is C24H18N2O4. The Balaban J connectivity index is 2.43. The lowest BCUT2D eigenvalue weighted by Gasteiger charge is -2.17. The maximum atomic E-state index is 11.7. The van der Waals surface area contributed by atoms with Gasteiger partial charge in [-0.2, -0.15) is 10.5 Å². The molecule has 3 aromatic carbocycles. The van der Waals surface area contributed by atoms with Crippen LogP contribution in [0.25, 0.3) is 16.3 Å². The zero-order valence-electron chi connectivity index (χ0n) is 16.7. The lowest BCUT2D eigenvalue weighted by atomic mass is 9.89. The molecule has 0 saturated carbocycles. The molecule has 0 amide bonds. The molecule has 30 heavy (non-hydrogen) atoms. The standard InChI is InChI=1S/C24H18N2O4/c1-15(27)30-22-6-4-5-19-21(29-3)12-11-20(24(19)22)23(17(13-25)14-26)16-7-9-18(28-2)10-8-16/h4-12H,1-3H3. The number of hydrogen-bond acceptors (Lipinski definition) is 6. The third-order valence-corrected chi connectivity index (χ3v) is 4.56. The maximum Gasteiger partial charge on any atom is 0.308 e. The van der Waals surface area contributed by atoms with Gasteiger partial charge in [-0.1, -0.05) is 24.3 Å². The number of carbonyl (C=O) groups excluding carboxylic acids is 1. The third-order valence-electron chi connectivity index (χ3n) is 4.56. The number of fused-ring (bicyclic) bond motifs is 1. The fraction of sp³-hybridized carbons (Fsp3) is 0.125. The minimum atomic E-state index is -0.480. The van der Waals surface area contributed by atoms with Crippen LogP contribution in [0.2, 0.25) is 0 Å². The fourth-order valence-electron chi connectivity index (χ4n) is 3.30. The van der Waals surface area contributed by atoms with Crippen molar-refractivity contribution in [3.63, 3.8) is 0 Å². The molecule has 3 aromatic rings. The van der Waals surface area contributed by atoms with E-state index in [1.807, 2.05) is 18.2 Å². The van der Waals surface area contributed by atoms with Crippen molar-refractivity contribution < 1.29 is 19.0 Å². The molecule has 0 spiro atoms. The lowest BCUT2D eigenvalue weighted by molar-refractivity contribution is -0.131. The second-order valence-electron chi connectivity index (χ2n) is 6.29. The first-order chi connectivity index (χ1) is 14.5. The van der Waals surface area contributed by atoms with Crippen molar-refractivity contribution in [1.82, 2.24) is 0 Å². The number of nitriles is 2. The first-order valence-electron chi connectivity index (χ1n) is 9.01. The van der Waals surface area contributed by atoms with Gasteiger partial charge in [0.05, 0.1) is 14.2 Å². The molecular weight excluding hydrogens is 380 g/mol. The third kappa shape index (κ3) is 3.80. The highest BCUT2D eigenvalue weighted by atomic mass is 16.5. The van der Waals surface area contributed by atoms with Crippen LogP contribution in [-0.2, 0) is 4.79 Å². The summed E-state index contributed by atoms with van der Waals surface area (Å²) < 4.78 is 16.1. The molecule has 0 saturated heterocycles. The summed E-state index contributed by atoms with van der Waals surface area (Å²) in [6.45, 7) is 1.31. The smallest absolute Gasteiger partial charge is 0.308 e. The van der Waals surface area contributed by atoms with Crippen LogP contribution >= 0.6 is 0 Å². The van der Waals surface area contributed by atoms with Crippen molar-refractivity contribution >= 4 is 22.3 Å². The molecule has 6 nitrogen and oxygen atoms in total. The predicted octanol–water partition coefficient (Wildman–Crippen LogP) is 4.63. The average molecular weight is 398 g/mol. The number of esters is 1. The Hall–Kier alpha value is -4.29. The van der Waals surface area contributed by atoms with Gasteiger partial charge in [-0.15, -0.1) is 0 Å². The zero-order chi connectivity index (χ0) is 21.7. The van der Waals surface area contributed by atoms with Crippen LogP contribution in [0.15, 0.2) is 60.2 Å². The van der Waals surface area contributed by atoms with Crippen molar-refractivity contribution in [1.29, 1.82) is 10.5 Å². The van der Waals surface area contributed by atoms with E-state index in [4.69, 9.17) is 14.2 Å². The summed E-state index contributed by atoms with van der Waals surface area (Å²) >= 11 is 0. The summed E-state index contributed by atoms with van der Waals surface area (Å²) in [5, 5.41) is 20.5. The quantitative estimate of drug-likeness (QED) is 0.353. The molecule has 0 N–H and O–H groups in total. The Morgan fingerprint density at radius 3 is 2.13 bits per heavy atom. The molecule has 0 aliphatic rings. The summed E-state index contributed by atoms with van der Waals surface area (Å²) in [6, 6.07) is 19.7. The van der Waals surface area contributed by atoms with E-state index in [2.05, 4.69) is 0 Å². The van der Waals surface area contributed by atoms with Crippen molar-refractivity contribution in [2.24, 2.45) is 0 Å². The van der Waals surface area contributed by atoms with Gasteiger partial charge in [0.2, 0.25) is 0 Å². The van der Waals surface area contributed by atoms with Crippen molar-refractivity contribution in [3.8, 4) is 29.4 Å². The molecule has 0 aliphatic carbocycles. The Bertz CT molecular complexity index is 1210. The molecule has 0 heterocycles. The first-order valence-corrected chi connectivity index (χ1v) is 9.01. The highest BCUT2D eigenvalue weighted by Crippen LogP contribution is 2.41.